The minimum absolute atomic E-state index is 0.0161. The molecule has 25 heavy (non-hydrogen) atoms. The maximum absolute atomic E-state index is 13.6. The third-order valence-corrected chi connectivity index (χ3v) is 3.95. The maximum atomic E-state index is 13.6. The lowest BCUT2D eigenvalue weighted by Crippen LogP contribution is -2.39. The lowest BCUT2D eigenvalue weighted by atomic mass is 10.2. The van der Waals surface area contributed by atoms with E-state index in [0.717, 1.165) is 12.1 Å². The van der Waals surface area contributed by atoms with E-state index in [0.29, 0.717) is 32.0 Å². The largest absolute Gasteiger partial charge is 0.481 e. The number of urea groups is 1. The Balaban J connectivity index is 2.18. The van der Waals surface area contributed by atoms with Crippen molar-refractivity contribution in [2.24, 2.45) is 5.92 Å². The predicted molar refractivity (Wildman–Crippen MR) is 87.8 cm³/mol. The zero-order valence-corrected chi connectivity index (χ0v) is 14.1. The molecule has 1 aliphatic rings. The number of morpholine rings is 1. The number of ether oxygens (including phenoxy) is 1. The lowest BCUT2D eigenvalue weighted by Gasteiger charge is -2.31. The molecular formula is C16H21F2N3O4. The van der Waals surface area contributed by atoms with Gasteiger partial charge < -0.3 is 25.0 Å². The van der Waals surface area contributed by atoms with Gasteiger partial charge in [-0.2, -0.15) is 0 Å². The molecule has 2 amide bonds. The van der Waals surface area contributed by atoms with Crippen molar-refractivity contribution in [1.29, 1.82) is 0 Å². The van der Waals surface area contributed by atoms with Gasteiger partial charge in [0.2, 0.25) is 0 Å². The number of nitrogens with one attached hydrogen (secondary N) is 1. The summed E-state index contributed by atoms with van der Waals surface area (Å²) in [4.78, 5) is 26.1. The van der Waals surface area contributed by atoms with Crippen LogP contribution in [0.25, 0.3) is 0 Å². The van der Waals surface area contributed by atoms with Crippen molar-refractivity contribution in [3.63, 3.8) is 0 Å². The molecule has 0 radical (unpaired) electrons. The third kappa shape index (κ3) is 4.79. The molecule has 7 nitrogen and oxygen atoms in total. The highest BCUT2D eigenvalue weighted by Gasteiger charge is 2.22. The summed E-state index contributed by atoms with van der Waals surface area (Å²) in [5, 5.41) is 11.4. The summed E-state index contributed by atoms with van der Waals surface area (Å²) in [6.07, 6.45) is 0. The number of carbonyl (C=O) groups is 2. The van der Waals surface area contributed by atoms with Gasteiger partial charge in [0.25, 0.3) is 0 Å². The fraction of sp³-hybridized carbons (Fsp3) is 0.500. The van der Waals surface area contributed by atoms with Crippen LogP contribution in [0.5, 0.6) is 0 Å². The molecule has 1 atom stereocenters. The normalized spacial score (nSPS) is 15.6. The highest BCUT2D eigenvalue weighted by atomic mass is 19.2. The highest BCUT2D eigenvalue weighted by molar-refractivity contribution is 5.93. The molecule has 2 rings (SSSR count). The topological polar surface area (TPSA) is 82.1 Å². The van der Waals surface area contributed by atoms with E-state index in [9.17, 15) is 18.4 Å². The zero-order valence-electron chi connectivity index (χ0n) is 14.1. The molecule has 0 bridgehead atoms. The van der Waals surface area contributed by atoms with Gasteiger partial charge in [-0.3, -0.25) is 4.79 Å². The zero-order chi connectivity index (χ0) is 18.6. The number of amides is 2. The number of aliphatic carboxylic acids is 1. The number of anilines is 2. The molecule has 9 heteroatoms. The van der Waals surface area contributed by atoms with Crippen molar-refractivity contribution in [2.75, 3.05) is 50.1 Å². The molecule has 2 N–H and O–H groups in total. The van der Waals surface area contributed by atoms with Crippen LogP contribution in [-0.2, 0) is 9.53 Å². The first-order valence-electron chi connectivity index (χ1n) is 7.86. The van der Waals surface area contributed by atoms with Gasteiger partial charge in [-0.25, -0.2) is 13.6 Å². The van der Waals surface area contributed by atoms with Gasteiger partial charge in [-0.05, 0) is 0 Å². The maximum Gasteiger partial charge on any atom is 0.321 e. The van der Waals surface area contributed by atoms with E-state index in [1.807, 2.05) is 0 Å². The van der Waals surface area contributed by atoms with Gasteiger partial charge in [0, 0.05) is 38.8 Å². The van der Waals surface area contributed by atoms with E-state index in [4.69, 9.17) is 9.84 Å². The van der Waals surface area contributed by atoms with Gasteiger partial charge >= 0.3 is 12.0 Å². The molecule has 1 aromatic rings. The molecule has 1 heterocycles. The van der Waals surface area contributed by atoms with Crippen LogP contribution in [0, 0.1) is 17.6 Å². The average Bonchev–Trinajstić information content (AvgIpc) is 2.58. The molecule has 1 fully saturated rings. The van der Waals surface area contributed by atoms with Crippen molar-refractivity contribution >= 4 is 23.4 Å². The van der Waals surface area contributed by atoms with Crippen molar-refractivity contribution in [3.8, 4) is 0 Å². The Morgan fingerprint density at radius 1 is 1.32 bits per heavy atom. The van der Waals surface area contributed by atoms with E-state index in [1.165, 1.54) is 18.9 Å². The van der Waals surface area contributed by atoms with Gasteiger partial charge in [0.15, 0.2) is 11.6 Å². The number of carboxylic acids is 1. The molecule has 0 saturated carbocycles. The molecule has 1 aliphatic heterocycles. The number of hydrogen-bond donors (Lipinski definition) is 2. The van der Waals surface area contributed by atoms with Crippen molar-refractivity contribution in [1.82, 2.24) is 4.90 Å². The number of halogens is 2. The number of carbonyl (C=O) groups excluding carboxylic acids is 1. The Morgan fingerprint density at radius 3 is 2.52 bits per heavy atom. The van der Waals surface area contributed by atoms with E-state index in [-0.39, 0.29) is 12.2 Å². The second-order valence-electron chi connectivity index (χ2n) is 5.93. The second-order valence-corrected chi connectivity index (χ2v) is 5.93. The van der Waals surface area contributed by atoms with E-state index < -0.39 is 29.6 Å². The highest BCUT2D eigenvalue weighted by Crippen LogP contribution is 2.29. The van der Waals surface area contributed by atoms with Crippen LogP contribution in [0.15, 0.2) is 12.1 Å². The summed E-state index contributed by atoms with van der Waals surface area (Å²) in [5.41, 5.74) is 0.482. The van der Waals surface area contributed by atoms with Crippen LogP contribution in [0.2, 0.25) is 0 Å². The smallest absolute Gasteiger partial charge is 0.321 e. The minimum atomic E-state index is -1.08. The van der Waals surface area contributed by atoms with Crippen LogP contribution >= 0.6 is 0 Å². The summed E-state index contributed by atoms with van der Waals surface area (Å²) in [6, 6.07) is 1.36. The van der Waals surface area contributed by atoms with E-state index in [2.05, 4.69) is 5.32 Å². The summed E-state index contributed by atoms with van der Waals surface area (Å²) in [7, 11) is 1.43. The minimum Gasteiger partial charge on any atom is -0.481 e. The van der Waals surface area contributed by atoms with Crippen molar-refractivity contribution in [3.05, 3.63) is 23.8 Å². The summed E-state index contributed by atoms with van der Waals surface area (Å²) in [5.74, 6) is -3.86. The van der Waals surface area contributed by atoms with Crippen LogP contribution in [0.4, 0.5) is 25.0 Å². The Kier molecular flexibility index (Phi) is 6.13. The summed E-state index contributed by atoms with van der Waals surface area (Å²) in [6.45, 7) is 3.32. The molecule has 1 unspecified atom stereocenters. The number of rotatable bonds is 5. The Hall–Kier alpha value is -2.42. The van der Waals surface area contributed by atoms with Crippen molar-refractivity contribution < 1.29 is 28.2 Å². The second kappa shape index (κ2) is 8.11. The van der Waals surface area contributed by atoms with E-state index >= 15 is 0 Å². The third-order valence-electron chi connectivity index (χ3n) is 3.95. The molecule has 0 aliphatic carbocycles. The van der Waals surface area contributed by atoms with Gasteiger partial charge in [0.05, 0.1) is 30.5 Å². The van der Waals surface area contributed by atoms with Crippen LogP contribution < -0.4 is 10.2 Å². The number of benzene rings is 1. The quantitative estimate of drug-likeness (QED) is 0.842. The summed E-state index contributed by atoms with van der Waals surface area (Å²) < 4.78 is 32.5. The molecular weight excluding hydrogens is 336 g/mol. The standard InChI is InChI=1S/C16H21F2N3O4/c1-10(15(22)23)9-20(2)16(24)19-13-7-11(17)12(18)8-14(13)21-3-5-25-6-4-21/h7-8,10H,3-6,9H2,1-2H3,(H,19,24)(H,22,23). The molecule has 0 aromatic heterocycles. The van der Waals surface area contributed by atoms with Gasteiger partial charge in [-0.1, -0.05) is 6.92 Å². The molecule has 138 valence electrons. The van der Waals surface area contributed by atoms with Crippen LogP contribution in [0.3, 0.4) is 0 Å². The van der Waals surface area contributed by atoms with Crippen LogP contribution in [0.1, 0.15) is 6.92 Å². The first kappa shape index (κ1) is 18.9. The SMILES string of the molecule is CC(CN(C)C(=O)Nc1cc(F)c(F)cc1N1CCOCC1)C(=O)O. The average molecular weight is 357 g/mol. The van der Waals surface area contributed by atoms with Crippen LogP contribution in [-0.4, -0.2) is 61.9 Å². The Bertz CT molecular complexity index is 651. The van der Waals surface area contributed by atoms with Gasteiger partial charge in [0.1, 0.15) is 0 Å². The number of nitrogens with zero attached hydrogens (tertiary/aromatic N) is 2. The van der Waals surface area contributed by atoms with Crippen molar-refractivity contribution in [2.45, 2.75) is 6.92 Å². The van der Waals surface area contributed by atoms with E-state index in [1.54, 1.807) is 4.90 Å². The number of hydrogen-bond acceptors (Lipinski definition) is 4. The molecule has 1 saturated heterocycles. The molecule has 0 spiro atoms. The monoisotopic (exact) mass is 357 g/mol. The van der Waals surface area contributed by atoms with Gasteiger partial charge in [-0.15, -0.1) is 0 Å². The Morgan fingerprint density at radius 2 is 1.92 bits per heavy atom. The lowest BCUT2D eigenvalue weighted by molar-refractivity contribution is -0.141. The summed E-state index contributed by atoms with van der Waals surface area (Å²) >= 11 is 0. The fourth-order valence-electron chi connectivity index (χ4n) is 2.48. The first-order chi connectivity index (χ1) is 11.8. The fourth-order valence-corrected chi connectivity index (χ4v) is 2.48. The number of carboxylic acid groups (broad SMARTS) is 1. The molecule has 1 aromatic carbocycles. The Labute approximate surface area is 144 Å². The predicted octanol–water partition coefficient (Wildman–Crippen LogP) is 1.99. The first-order valence-corrected chi connectivity index (χ1v) is 7.86.